The van der Waals surface area contributed by atoms with Gasteiger partial charge >= 0.3 is 0 Å². The number of nitrogens with two attached hydrogens (primary N) is 1. The van der Waals surface area contributed by atoms with Gasteiger partial charge in [0.05, 0.1) is 11.8 Å². The van der Waals surface area contributed by atoms with E-state index < -0.39 is 0 Å². The van der Waals surface area contributed by atoms with Crippen molar-refractivity contribution in [2.45, 2.75) is 19.8 Å². The van der Waals surface area contributed by atoms with Crippen LogP contribution >= 0.6 is 0 Å². The average molecular weight is 415 g/mol. The van der Waals surface area contributed by atoms with Crippen LogP contribution in [0.15, 0.2) is 48.9 Å². The van der Waals surface area contributed by atoms with Gasteiger partial charge in [0.15, 0.2) is 0 Å². The lowest BCUT2D eigenvalue weighted by Crippen LogP contribution is -2.30. The van der Waals surface area contributed by atoms with Gasteiger partial charge in [-0.15, -0.1) is 0 Å². The molecule has 6 nitrogen and oxygen atoms in total. The minimum Gasteiger partial charge on any atom is -0.383 e. The number of anilines is 2. The van der Waals surface area contributed by atoms with Crippen LogP contribution in [0.25, 0.3) is 22.2 Å². The summed E-state index contributed by atoms with van der Waals surface area (Å²) in [5.74, 6) is 0.00127. The molecule has 0 unspecified atom stereocenters. The third-order valence-corrected chi connectivity index (χ3v) is 5.91. The van der Waals surface area contributed by atoms with Crippen LogP contribution in [0, 0.1) is 12.7 Å². The van der Waals surface area contributed by atoms with Gasteiger partial charge in [0.1, 0.15) is 23.6 Å². The normalized spacial score (nSPS) is 13.1. The van der Waals surface area contributed by atoms with Gasteiger partial charge in [-0.25, -0.2) is 14.4 Å². The number of carbonyl (C=O) groups is 1. The zero-order chi connectivity index (χ0) is 21.7. The van der Waals surface area contributed by atoms with E-state index in [-0.39, 0.29) is 18.1 Å². The molecule has 5 rings (SSSR count). The number of hydrogen-bond acceptors (Lipinski definition) is 4. The summed E-state index contributed by atoms with van der Waals surface area (Å²) in [7, 11) is 1.93. The Balaban J connectivity index is 1.47. The first-order valence-electron chi connectivity index (χ1n) is 10.2. The molecule has 31 heavy (non-hydrogen) atoms. The second kappa shape index (κ2) is 7.19. The van der Waals surface area contributed by atoms with Crippen LogP contribution in [-0.4, -0.2) is 27.0 Å². The van der Waals surface area contributed by atoms with Crippen LogP contribution in [-0.2, 0) is 24.7 Å². The smallest absolute Gasteiger partial charge is 0.231 e. The number of hydrogen-bond donors (Lipinski definition) is 1. The molecule has 0 saturated heterocycles. The van der Waals surface area contributed by atoms with Crippen LogP contribution in [0.1, 0.15) is 16.7 Å². The van der Waals surface area contributed by atoms with Crippen molar-refractivity contribution in [3.8, 4) is 11.1 Å². The first-order valence-corrected chi connectivity index (χ1v) is 10.2. The zero-order valence-electron chi connectivity index (χ0n) is 17.4. The van der Waals surface area contributed by atoms with E-state index in [2.05, 4.69) is 16.0 Å². The Morgan fingerprint density at radius 1 is 1.19 bits per heavy atom. The Morgan fingerprint density at radius 3 is 2.87 bits per heavy atom. The molecule has 2 N–H and O–H groups in total. The largest absolute Gasteiger partial charge is 0.383 e. The van der Waals surface area contributed by atoms with E-state index in [9.17, 15) is 9.18 Å². The number of fused-ring (bicyclic) bond motifs is 2. The molecule has 0 aliphatic carbocycles. The van der Waals surface area contributed by atoms with Crippen molar-refractivity contribution in [2.75, 3.05) is 17.2 Å². The lowest BCUT2D eigenvalue weighted by Gasteiger charge is -2.18. The number of benzene rings is 2. The van der Waals surface area contributed by atoms with Crippen molar-refractivity contribution >= 4 is 28.4 Å². The number of halogens is 1. The summed E-state index contributed by atoms with van der Waals surface area (Å²) in [6, 6.07) is 10.9. The molecule has 2 aromatic heterocycles. The van der Waals surface area contributed by atoms with Gasteiger partial charge < -0.3 is 15.2 Å². The molecule has 156 valence electrons. The maximum absolute atomic E-state index is 14.1. The number of aromatic nitrogens is 3. The quantitative estimate of drug-likeness (QED) is 0.552. The van der Waals surface area contributed by atoms with Gasteiger partial charge in [0, 0.05) is 31.0 Å². The zero-order valence-corrected chi connectivity index (χ0v) is 17.4. The third-order valence-electron chi connectivity index (χ3n) is 5.91. The Labute approximate surface area is 179 Å². The van der Waals surface area contributed by atoms with Gasteiger partial charge in [-0.05, 0) is 48.2 Å². The molecule has 0 saturated carbocycles. The summed E-state index contributed by atoms with van der Waals surface area (Å²) in [5.41, 5.74) is 12.2. The molecule has 0 radical (unpaired) electrons. The summed E-state index contributed by atoms with van der Waals surface area (Å²) in [5, 5.41) is 0.825. The minimum absolute atomic E-state index is 0.0475. The fourth-order valence-corrected chi connectivity index (χ4v) is 4.38. The van der Waals surface area contributed by atoms with E-state index in [4.69, 9.17) is 5.73 Å². The summed E-state index contributed by atoms with van der Waals surface area (Å²) < 4.78 is 16.1. The fourth-order valence-electron chi connectivity index (χ4n) is 4.38. The number of carbonyl (C=O) groups excluding carboxylic acids is 1. The van der Waals surface area contributed by atoms with Crippen molar-refractivity contribution < 1.29 is 9.18 Å². The topological polar surface area (TPSA) is 77.0 Å². The number of aryl methyl sites for hydroxylation is 2. The number of nitrogen functional groups attached to an aromatic ring is 1. The van der Waals surface area contributed by atoms with Gasteiger partial charge in [-0.1, -0.05) is 23.8 Å². The highest BCUT2D eigenvalue weighted by molar-refractivity contribution is 6.02. The number of nitrogens with zero attached hydrogens (tertiary/aromatic N) is 4. The van der Waals surface area contributed by atoms with Crippen molar-refractivity contribution in [2.24, 2.45) is 7.05 Å². The summed E-state index contributed by atoms with van der Waals surface area (Å²) in [6.07, 6.45) is 4.26. The SMILES string of the molecule is Cc1ccc(F)c(CC(=O)N2CCc3cc(-c4cn(C)c5ncnc(N)c45)ccc32)c1. The maximum Gasteiger partial charge on any atom is 0.231 e. The highest BCUT2D eigenvalue weighted by Gasteiger charge is 2.26. The molecular weight excluding hydrogens is 393 g/mol. The Bertz CT molecular complexity index is 1340. The van der Waals surface area contributed by atoms with E-state index in [0.717, 1.165) is 45.4 Å². The highest BCUT2D eigenvalue weighted by atomic mass is 19.1. The van der Waals surface area contributed by atoms with Gasteiger partial charge in [-0.2, -0.15) is 0 Å². The second-order valence-electron chi connectivity index (χ2n) is 8.02. The van der Waals surface area contributed by atoms with Crippen molar-refractivity contribution in [1.29, 1.82) is 0 Å². The first kappa shape index (κ1) is 19.2. The van der Waals surface area contributed by atoms with Crippen LogP contribution in [0.2, 0.25) is 0 Å². The third kappa shape index (κ3) is 3.22. The van der Waals surface area contributed by atoms with Crippen molar-refractivity contribution in [3.63, 3.8) is 0 Å². The molecule has 0 bridgehead atoms. The molecule has 0 fully saturated rings. The first-order chi connectivity index (χ1) is 14.9. The lowest BCUT2D eigenvalue weighted by molar-refractivity contribution is -0.117. The molecule has 0 spiro atoms. The Hall–Kier alpha value is -3.74. The molecule has 1 amide bonds. The molecule has 2 aromatic carbocycles. The molecule has 7 heteroatoms. The maximum atomic E-state index is 14.1. The molecule has 1 aliphatic heterocycles. The predicted octanol–water partition coefficient (Wildman–Crippen LogP) is 3.80. The monoisotopic (exact) mass is 415 g/mol. The van der Waals surface area contributed by atoms with E-state index in [0.29, 0.717) is 17.9 Å². The fraction of sp³-hybridized carbons (Fsp3) is 0.208. The standard InChI is InChI=1S/C24H22FN5O/c1-14-3-5-19(25)17(9-14)11-21(31)30-8-7-16-10-15(4-6-20(16)30)18-12-29(2)24-22(18)23(26)27-13-28-24/h3-6,9-10,12-13H,7-8,11H2,1-2H3,(H2,26,27,28). The molecule has 0 atom stereocenters. The van der Waals surface area contributed by atoms with E-state index in [1.54, 1.807) is 17.0 Å². The van der Waals surface area contributed by atoms with Crippen LogP contribution < -0.4 is 10.6 Å². The molecule has 3 heterocycles. The van der Waals surface area contributed by atoms with Crippen molar-refractivity contribution in [1.82, 2.24) is 14.5 Å². The summed E-state index contributed by atoms with van der Waals surface area (Å²) in [6.45, 7) is 2.48. The summed E-state index contributed by atoms with van der Waals surface area (Å²) in [4.78, 5) is 23.2. The number of rotatable bonds is 3. The summed E-state index contributed by atoms with van der Waals surface area (Å²) >= 11 is 0. The van der Waals surface area contributed by atoms with E-state index >= 15 is 0 Å². The average Bonchev–Trinajstić information content (AvgIpc) is 3.32. The Morgan fingerprint density at radius 2 is 2.03 bits per heavy atom. The molecule has 4 aromatic rings. The van der Waals surface area contributed by atoms with Crippen LogP contribution in [0.3, 0.4) is 0 Å². The minimum atomic E-state index is -0.343. The van der Waals surface area contributed by atoms with Gasteiger partial charge in [0.2, 0.25) is 5.91 Å². The van der Waals surface area contributed by atoms with Crippen molar-refractivity contribution in [3.05, 3.63) is 71.4 Å². The molecule has 1 aliphatic rings. The van der Waals surface area contributed by atoms with E-state index in [1.165, 1.54) is 12.4 Å². The second-order valence-corrected chi connectivity index (χ2v) is 8.02. The van der Waals surface area contributed by atoms with Gasteiger partial charge in [-0.3, -0.25) is 4.79 Å². The predicted molar refractivity (Wildman–Crippen MR) is 119 cm³/mol. The highest BCUT2D eigenvalue weighted by Crippen LogP contribution is 2.37. The Kier molecular flexibility index (Phi) is 4.46. The lowest BCUT2D eigenvalue weighted by atomic mass is 10.0. The number of amides is 1. The van der Waals surface area contributed by atoms with Crippen LogP contribution in [0.5, 0.6) is 0 Å². The van der Waals surface area contributed by atoms with Gasteiger partial charge in [0.25, 0.3) is 0 Å². The molecular formula is C24H22FN5O. The van der Waals surface area contributed by atoms with Crippen LogP contribution in [0.4, 0.5) is 15.9 Å². The van der Waals surface area contributed by atoms with E-state index in [1.807, 2.05) is 36.9 Å².